The Morgan fingerprint density at radius 1 is 0.336 bits per heavy atom. The number of nitrogens with two attached hydrogens (primary N) is 1. The second-order valence-corrected chi connectivity index (χ2v) is 35.5. The minimum absolute atomic E-state index is 0.0413. The number of aliphatic hydroxyl groups excluding tert-OH is 2. The monoisotopic (exact) mass is 1950 g/mol. The van der Waals surface area contributed by atoms with Gasteiger partial charge >= 0.3 is 11.9 Å². The van der Waals surface area contributed by atoms with Crippen LogP contribution in [0.1, 0.15) is 140 Å². The van der Waals surface area contributed by atoms with E-state index >= 15 is 0 Å². The number of carboxylic acid groups (broad SMARTS) is 2. The minimum atomic E-state index is -1.90. The number of carboxylic acids is 2. The highest BCUT2D eigenvalue weighted by Crippen LogP contribution is 2.17. The lowest BCUT2D eigenvalue weighted by Gasteiger charge is -2.28. The molecule has 17 atom stereocenters. The van der Waals surface area contributed by atoms with Crippen molar-refractivity contribution < 1.29 is 126 Å². The number of thiol groups is 2. The molecule has 0 unspecified atom stereocenters. The Morgan fingerprint density at radius 2 is 0.657 bits per heavy atom. The van der Waals surface area contributed by atoms with E-state index in [4.69, 9.17) is 10.8 Å². The molecule has 134 heavy (non-hydrogen) atoms. The maximum Gasteiger partial charge on any atom is 0.328 e. The van der Waals surface area contributed by atoms with E-state index < -0.39 is 284 Å². The molecule has 0 aliphatic rings. The molecular weight excluding hydrogens is 1810 g/mol. The molecule has 19 amide bonds. The van der Waals surface area contributed by atoms with Crippen LogP contribution < -0.4 is 107 Å². The second kappa shape index (κ2) is 60.3. The number of hydrogen-bond donors (Lipinski definition) is 27. The molecule has 2 rings (SSSR count). The van der Waals surface area contributed by atoms with E-state index in [2.05, 4.69) is 121 Å². The number of thioether (sulfide) groups is 1. The lowest BCUT2D eigenvalue weighted by Crippen LogP contribution is -2.61. The van der Waals surface area contributed by atoms with Gasteiger partial charge in [0.1, 0.15) is 102 Å². The Morgan fingerprint density at radius 3 is 1.08 bits per heavy atom. The Hall–Kier alpha value is -12.0. The molecule has 0 spiro atoms. The topological polar surface area (TPSA) is 714 Å². The Balaban J connectivity index is 2.23. The Kier molecular flexibility index (Phi) is 53.2. The fourth-order valence-electron chi connectivity index (χ4n) is 12.5. The number of hydrogen-bond acceptors (Lipinski definition) is 28. The Labute approximate surface area is 792 Å². The van der Waals surface area contributed by atoms with Crippen LogP contribution in [-0.4, -0.2) is 309 Å². The SMILES string of the molecule is CSCC[C@H](NC(=O)[C@H](C)NC(=O)[C@H](CO)NC(=O)[C@H](CS)NC(=O)[C@H](Cc1ccccc1)NC(=O)[C@H](C)NC(=O)[C@H](C)NC(=O)[C@H](C)NC(=O)CNC(=O)[C@@H](NC(=O)[C@H](CC(C)C)NC(=O)[C@@H](N)CC(C)C)C(C)C)C(=O)N[C@@H](Cc1ccc(O)cc1)C(=O)N[C@H](C(=O)NCC(=O)N[C@@H](CC(=O)O)C(=O)N[C@@H](CC(C)C)C(=O)N[C@@H](CS)C(=O)NCC(=O)N[C@@H](CO)C(=O)O)C(C)C. The molecule has 0 aliphatic heterocycles. The van der Waals surface area contributed by atoms with Gasteiger partial charge in [-0.05, 0) is 118 Å². The molecule has 0 aromatic heterocycles. The van der Waals surface area contributed by atoms with E-state index in [1.54, 1.807) is 64.3 Å². The van der Waals surface area contributed by atoms with Crippen molar-refractivity contribution in [3.05, 3.63) is 65.7 Å². The summed E-state index contributed by atoms with van der Waals surface area (Å²) < 4.78 is 0. The number of carbonyl (C=O) groups is 21. The van der Waals surface area contributed by atoms with Crippen LogP contribution in [0.5, 0.6) is 5.75 Å². The predicted molar refractivity (Wildman–Crippen MR) is 495 cm³/mol. The van der Waals surface area contributed by atoms with E-state index in [1.165, 1.54) is 77.6 Å². The predicted octanol–water partition coefficient (Wildman–Crippen LogP) is -6.70. The number of aliphatic carboxylic acids is 2. The maximum atomic E-state index is 14.5. The first-order valence-corrected chi connectivity index (χ1v) is 46.1. The minimum Gasteiger partial charge on any atom is -0.508 e. The Bertz CT molecular complexity index is 4350. The van der Waals surface area contributed by atoms with Gasteiger partial charge in [0, 0.05) is 24.3 Å². The average Bonchev–Trinajstić information content (AvgIpc) is 0.854. The molecule has 0 heterocycles. The summed E-state index contributed by atoms with van der Waals surface area (Å²) in [5.74, 6) is -23.4. The van der Waals surface area contributed by atoms with Gasteiger partial charge < -0.3 is 132 Å². The maximum absolute atomic E-state index is 14.5. The van der Waals surface area contributed by atoms with Gasteiger partial charge in [-0.15, -0.1) is 0 Å². The molecule has 0 saturated heterocycles. The van der Waals surface area contributed by atoms with Crippen molar-refractivity contribution in [2.45, 2.75) is 245 Å². The van der Waals surface area contributed by atoms with Gasteiger partial charge in [0.25, 0.3) is 0 Å². The lowest BCUT2D eigenvalue weighted by molar-refractivity contribution is -0.143. The number of aromatic hydroxyl groups is 1. The summed E-state index contributed by atoms with van der Waals surface area (Å²) in [6.45, 7) is 17.7. The van der Waals surface area contributed by atoms with Crippen LogP contribution in [-0.2, 0) is 114 Å². The number of phenols is 1. The normalized spacial score (nSPS) is 15.0. The van der Waals surface area contributed by atoms with Gasteiger partial charge in [0.15, 0.2) is 0 Å². The molecule has 0 saturated carbocycles. The van der Waals surface area contributed by atoms with Gasteiger partial charge in [0.05, 0.1) is 45.3 Å². The molecule has 26 N–H and O–H groups in total. The molecule has 0 radical (unpaired) electrons. The van der Waals surface area contributed by atoms with Crippen molar-refractivity contribution in [3.8, 4) is 5.75 Å². The van der Waals surface area contributed by atoms with Gasteiger partial charge in [-0.3, -0.25) is 95.9 Å². The van der Waals surface area contributed by atoms with Crippen molar-refractivity contribution in [1.29, 1.82) is 0 Å². The van der Waals surface area contributed by atoms with Crippen LogP contribution in [0.25, 0.3) is 0 Å². The van der Waals surface area contributed by atoms with E-state index in [-0.39, 0.29) is 67.1 Å². The molecule has 2 aromatic rings. The van der Waals surface area contributed by atoms with Crippen molar-refractivity contribution in [2.24, 2.45) is 35.3 Å². The van der Waals surface area contributed by atoms with Crippen molar-refractivity contribution in [3.63, 3.8) is 0 Å². The summed E-state index contributed by atoms with van der Waals surface area (Å²) >= 11 is 9.57. The summed E-state index contributed by atoms with van der Waals surface area (Å²) in [4.78, 5) is 282. The standard InChI is InChI=1S/C85H134N20O26S3/c1-40(2)27-52(86)73(118)98-55(29-42(5)6)79(124)104-67(43(7)8)83(128)88-33-63(109)90-45(11)69(114)91-46(12)70(115)92-47(13)72(117)97-56(30-49-19-17-16-18-20-49)77(122)103-62(39-133)82(127)101-59(36-106)81(126)93-48(14)71(116)96-53(25-26-134-15)75(120)100-57(31-50-21-23-51(108)24-22-50)80(125)105-68(44(9)10)84(129)89-35-64(110)94-58(32-66(112)113)78(123)99-54(28-41(3)4)76(121)102-61(38-132)74(119)87-34-65(111)95-60(37-107)85(130)131/h16-24,40-48,52-62,67-68,106-108,132-133H,25-39,86H2,1-15H3,(H,87,119)(H,88,128)(H,89,129)(H,90,109)(H,91,114)(H,92,115)(H,93,126)(H,94,110)(H,95,111)(H,96,116)(H,97,117)(H,98,118)(H,99,123)(H,100,120)(H,101,127)(H,102,121)(H,103,122)(H,104,124)(H,105,125)(H,112,113)(H,130,131)/t45-,46-,47-,48-,52-,53-,54-,55-,56-,57-,58-,59-,60-,61-,62-,67-,68-/m0/s1. The van der Waals surface area contributed by atoms with Crippen molar-refractivity contribution in [2.75, 3.05) is 56.4 Å². The third-order valence-corrected chi connectivity index (χ3v) is 21.4. The number of nitrogens with one attached hydrogen (secondary N) is 19. The molecular formula is C85H134N20O26S3. The molecule has 2 aromatic carbocycles. The van der Waals surface area contributed by atoms with Gasteiger partial charge in [-0.2, -0.15) is 37.0 Å². The van der Waals surface area contributed by atoms with Crippen LogP contribution in [0.15, 0.2) is 54.6 Å². The highest BCUT2D eigenvalue weighted by molar-refractivity contribution is 7.98. The number of phenolic OH excluding ortho intramolecular Hbond substituents is 1. The molecule has 0 fully saturated rings. The quantitative estimate of drug-likeness (QED) is 0.0274. The summed E-state index contributed by atoms with van der Waals surface area (Å²) in [5.41, 5.74) is 6.93. The second-order valence-electron chi connectivity index (χ2n) is 33.8. The fourth-order valence-corrected chi connectivity index (χ4v) is 13.5. The van der Waals surface area contributed by atoms with Crippen molar-refractivity contribution >= 4 is 161 Å². The fraction of sp³-hybridized carbons (Fsp3) is 0.612. The first-order chi connectivity index (χ1) is 62.8. The van der Waals surface area contributed by atoms with E-state index in [0.717, 1.165) is 0 Å². The summed E-state index contributed by atoms with van der Waals surface area (Å²) in [7, 11) is 0. The van der Waals surface area contributed by atoms with Crippen LogP contribution in [0.4, 0.5) is 0 Å². The molecule has 748 valence electrons. The van der Waals surface area contributed by atoms with Crippen LogP contribution in [0.3, 0.4) is 0 Å². The van der Waals surface area contributed by atoms with E-state index in [1.807, 2.05) is 33.0 Å². The highest BCUT2D eigenvalue weighted by Gasteiger charge is 2.39. The van der Waals surface area contributed by atoms with Crippen LogP contribution in [0.2, 0.25) is 0 Å². The zero-order valence-corrected chi connectivity index (χ0v) is 80.3. The molecule has 46 nitrogen and oxygen atoms in total. The van der Waals surface area contributed by atoms with Gasteiger partial charge in [-0.1, -0.05) is 112 Å². The average molecular weight is 1950 g/mol. The first-order valence-electron chi connectivity index (χ1n) is 43.4. The van der Waals surface area contributed by atoms with E-state index in [9.17, 15) is 121 Å². The molecule has 0 bridgehead atoms. The number of aliphatic hydroxyl groups is 2. The zero-order chi connectivity index (χ0) is 102. The summed E-state index contributed by atoms with van der Waals surface area (Å²) in [5, 5.41) is 94.4. The van der Waals surface area contributed by atoms with Gasteiger partial charge in [-0.25, -0.2) is 4.79 Å². The number of carbonyl (C=O) groups excluding carboxylic acids is 19. The smallest absolute Gasteiger partial charge is 0.328 e. The van der Waals surface area contributed by atoms with Gasteiger partial charge in [0.2, 0.25) is 112 Å². The number of benzene rings is 2. The zero-order valence-electron chi connectivity index (χ0n) is 77.7. The van der Waals surface area contributed by atoms with Crippen LogP contribution >= 0.6 is 37.0 Å². The summed E-state index contributed by atoms with van der Waals surface area (Å²) in [6, 6.07) is -11.0. The van der Waals surface area contributed by atoms with Crippen LogP contribution in [0, 0.1) is 29.6 Å². The third kappa shape index (κ3) is 43.8. The summed E-state index contributed by atoms with van der Waals surface area (Å²) in [6.07, 6.45) is 0.495. The molecule has 0 aliphatic carbocycles. The van der Waals surface area contributed by atoms with Crippen molar-refractivity contribution in [1.82, 2.24) is 101 Å². The number of rotatable bonds is 60. The third-order valence-electron chi connectivity index (χ3n) is 20.0. The first kappa shape index (κ1) is 118. The largest absolute Gasteiger partial charge is 0.508 e. The molecule has 49 heteroatoms. The lowest BCUT2D eigenvalue weighted by atomic mass is 9.99. The number of amides is 19. The highest BCUT2D eigenvalue weighted by atomic mass is 32.2. The van der Waals surface area contributed by atoms with E-state index in [0.29, 0.717) is 17.5 Å².